The van der Waals surface area contributed by atoms with E-state index in [0.29, 0.717) is 5.13 Å². The van der Waals surface area contributed by atoms with E-state index in [1.54, 1.807) is 11.3 Å². The third kappa shape index (κ3) is 5.93. The van der Waals surface area contributed by atoms with Gasteiger partial charge in [-0.2, -0.15) is 0 Å². The van der Waals surface area contributed by atoms with Crippen LogP contribution in [0.5, 0.6) is 0 Å². The molecule has 0 unspecified atom stereocenters. The molecule has 1 N–H and O–H groups in total. The molecule has 0 aliphatic heterocycles. The summed E-state index contributed by atoms with van der Waals surface area (Å²) in [5.74, 6) is -0.114. The quantitative estimate of drug-likeness (QED) is 0.695. The van der Waals surface area contributed by atoms with E-state index in [4.69, 9.17) is 0 Å². The topological polar surface area (TPSA) is 62.3 Å². The summed E-state index contributed by atoms with van der Waals surface area (Å²) in [6.45, 7) is 7.67. The number of hydrogen-bond acceptors (Lipinski definition) is 5. The van der Waals surface area contributed by atoms with Gasteiger partial charge in [0.05, 0.1) is 10.6 Å². The van der Waals surface area contributed by atoms with E-state index in [-0.39, 0.29) is 24.7 Å². The van der Waals surface area contributed by atoms with Crippen molar-refractivity contribution in [2.24, 2.45) is 0 Å². The van der Waals surface area contributed by atoms with Crippen molar-refractivity contribution in [3.05, 3.63) is 22.4 Å². The smallest absolute Gasteiger partial charge is 0.226 e. The maximum absolute atomic E-state index is 12.2. The molecule has 2 rings (SSSR count). The van der Waals surface area contributed by atoms with Crippen LogP contribution in [0.4, 0.5) is 5.13 Å². The van der Waals surface area contributed by atoms with E-state index in [9.17, 15) is 9.59 Å². The zero-order chi connectivity index (χ0) is 18.2. The van der Waals surface area contributed by atoms with Crippen LogP contribution in [0.15, 0.2) is 17.5 Å². The second kappa shape index (κ2) is 9.68. The van der Waals surface area contributed by atoms with E-state index in [2.05, 4.69) is 37.1 Å². The van der Waals surface area contributed by atoms with Crippen molar-refractivity contribution in [3.8, 4) is 10.6 Å². The molecule has 0 atom stereocenters. The number of aromatic nitrogens is 1. The van der Waals surface area contributed by atoms with Gasteiger partial charge in [0, 0.05) is 36.2 Å². The molecule has 2 aromatic rings. The molecule has 0 aliphatic rings. The highest BCUT2D eigenvalue weighted by Gasteiger charge is 2.15. The number of rotatable bonds is 9. The van der Waals surface area contributed by atoms with E-state index >= 15 is 0 Å². The van der Waals surface area contributed by atoms with E-state index in [1.807, 2.05) is 16.3 Å². The number of carbonyl (C=O) groups excluding carboxylic acids is 2. The van der Waals surface area contributed by atoms with Crippen molar-refractivity contribution in [2.75, 3.05) is 18.4 Å². The number of aryl methyl sites for hydroxylation is 1. The molecule has 2 heterocycles. The molecule has 0 spiro atoms. The molecule has 0 fully saturated rings. The van der Waals surface area contributed by atoms with Gasteiger partial charge >= 0.3 is 0 Å². The summed E-state index contributed by atoms with van der Waals surface area (Å²) in [6.07, 6.45) is 2.30. The number of thiophene rings is 1. The highest BCUT2D eigenvalue weighted by atomic mass is 32.1. The van der Waals surface area contributed by atoms with Crippen molar-refractivity contribution >= 4 is 39.6 Å². The van der Waals surface area contributed by atoms with Gasteiger partial charge in [0.15, 0.2) is 5.13 Å². The molecule has 0 saturated carbocycles. The molecular formula is C18H25N3O2S2. The maximum Gasteiger partial charge on any atom is 0.226 e. The predicted octanol–water partition coefficient (Wildman–Crippen LogP) is 4.55. The minimum atomic E-state index is -0.162. The fourth-order valence-electron chi connectivity index (χ4n) is 2.48. The first-order valence-electron chi connectivity index (χ1n) is 8.63. The molecule has 2 aromatic heterocycles. The second-order valence-electron chi connectivity index (χ2n) is 5.88. The van der Waals surface area contributed by atoms with Gasteiger partial charge in [-0.15, -0.1) is 22.7 Å². The molecule has 0 aliphatic carbocycles. The van der Waals surface area contributed by atoms with Gasteiger partial charge in [0.1, 0.15) is 0 Å². The molecule has 0 bridgehead atoms. The summed E-state index contributed by atoms with van der Waals surface area (Å²) in [4.78, 5) is 32.9. The summed E-state index contributed by atoms with van der Waals surface area (Å²) in [5.41, 5.74) is 0.881. The van der Waals surface area contributed by atoms with E-state index in [1.165, 1.54) is 16.2 Å². The fourth-order valence-corrected chi connectivity index (χ4v) is 4.11. The van der Waals surface area contributed by atoms with Gasteiger partial charge in [0.25, 0.3) is 0 Å². The van der Waals surface area contributed by atoms with Crippen molar-refractivity contribution in [1.82, 2.24) is 9.88 Å². The molecule has 136 valence electrons. The van der Waals surface area contributed by atoms with Gasteiger partial charge in [-0.05, 0) is 31.9 Å². The van der Waals surface area contributed by atoms with Crippen LogP contribution in [0, 0.1) is 6.92 Å². The molecule has 2 amide bonds. The number of hydrogen-bond donors (Lipinski definition) is 1. The minimum Gasteiger partial charge on any atom is -0.343 e. The molecule has 0 saturated heterocycles. The summed E-state index contributed by atoms with van der Waals surface area (Å²) in [6, 6.07) is 4.09. The van der Waals surface area contributed by atoms with E-state index < -0.39 is 0 Å². The SMILES string of the molecule is CCCN(CCC)C(=O)CCC(=O)Nc1nc(-c2ccc(C)s2)cs1. The Labute approximate surface area is 157 Å². The number of thiazole rings is 1. The largest absolute Gasteiger partial charge is 0.343 e. The van der Waals surface area contributed by atoms with Crippen molar-refractivity contribution in [1.29, 1.82) is 0 Å². The highest BCUT2D eigenvalue weighted by Crippen LogP contribution is 2.30. The van der Waals surface area contributed by atoms with E-state index in [0.717, 1.165) is 36.5 Å². The average molecular weight is 380 g/mol. The van der Waals surface area contributed by atoms with Crippen LogP contribution < -0.4 is 5.32 Å². The minimum absolute atomic E-state index is 0.0488. The third-order valence-corrected chi connectivity index (χ3v) is 5.43. The Morgan fingerprint density at radius 3 is 2.48 bits per heavy atom. The molecule has 5 nitrogen and oxygen atoms in total. The van der Waals surface area contributed by atoms with Crippen LogP contribution in [0.1, 0.15) is 44.4 Å². The summed E-state index contributed by atoms with van der Waals surface area (Å²) in [7, 11) is 0. The van der Waals surface area contributed by atoms with Gasteiger partial charge in [-0.1, -0.05) is 13.8 Å². The number of nitrogens with zero attached hydrogens (tertiary/aromatic N) is 2. The second-order valence-corrected chi connectivity index (χ2v) is 8.02. The standard InChI is InChI=1S/C18H25N3O2S2/c1-4-10-21(11-5-2)17(23)9-8-16(22)20-18-19-14(12-24-18)15-7-6-13(3)25-15/h6-7,12H,4-5,8-11H2,1-3H3,(H,19,20,22). The van der Waals surface area contributed by atoms with Crippen molar-refractivity contribution in [3.63, 3.8) is 0 Å². The van der Waals surface area contributed by atoms with Gasteiger partial charge in [-0.25, -0.2) is 4.98 Å². The monoisotopic (exact) mass is 379 g/mol. The summed E-state index contributed by atoms with van der Waals surface area (Å²) in [5, 5.41) is 5.32. The predicted molar refractivity (Wildman–Crippen MR) is 105 cm³/mol. The van der Waals surface area contributed by atoms with Crippen LogP contribution in [0.2, 0.25) is 0 Å². The Bertz CT molecular complexity index is 703. The first kappa shape index (κ1) is 19.6. The van der Waals surface area contributed by atoms with Crippen LogP contribution in [0.3, 0.4) is 0 Å². The first-order valence-corrected chi connectivity index (χ1v) is 10.3. The highest BCUT2D eigenvalue weighted by molar-refractivity contribution is 7.17. The maximum atomic E-state index is 12.2. The zero-order valence-corrected chi connectivity index (χ0v) is 16.6. The van der Waals surface area contributed by atoms with Crippen LogP contribution in [-0.2, 0) is 9.59 Å². The molecule has 0 aromatic carbocycles. The van der Waals surface area contributed by atoms with Crippen LogP contribution >= 0.6 is 22.7 Å². The summed E-state index contributed by atoms with van der Waals surface area (Å²) >= 11 is 3.09. The van der Waals surface area contributed by atoms with Crippen LogP contribution in [0.25, 0.3) is 10.6 Å². The fraction of sp³-hybridized carbons (Fsp3) is 0.500. The van der Waals surface area contributed by atoms with Gasteiger partial charge < -0.3 is 10.2 Å². The number of nitrogens with one attached hydrogen (secondary N) is 1. The Kier molecular flexibility index (Phi) is 7.58. The lowest BCUT2D eigenvalue weighted by molar-refractivity contribution is -0.132. The van der Waals surface area contributed by atoms with Gasteiger partial charge in [0.2, 0.25) is 11.8 Å². The Morgan fingerprint density at radius 2 is 1.88 bits per heavy atom. The number of carbonyl (C=O) groups is 2. The molecule has 7 heteroatoms. The summed E-state index contributed by atoms with van der Waals surface area (Å²) < 4.78 is 0. The molecule has 25 heavy (non-hydrogen) atoms. The van der Waals surface area contributed by atoms with Crippen LogP contribution in [-0.4, -0.2) is 34.8 Å². The van der Waals surface area contributed by atoms with Crippen molar-refractivity contribution < 1.29 is 9.59 Å². The number of anilines is 1. The lowest BCUT2D eigenvalue weighted by Crippen LogP contribution is -2.33. The van der Waals surface area contributed by atoms with Crippen molar-refractivity contribution in [2.45, 2.75) is 46.5 Å². The Balaban J connectivity index is 1.84. The Hall–Kier alpha value is -1.73. The molecule has 0 radical (unpaired) electrons. The first-order chi connectivity index (χ1) is 12.0. The normalized spacial score (nSPS) is 10.7. The Morgan fingerprint density at radius 1 is 1.16 bits per heavy atom. The average Bonchev–Trinajstić information content (AvgIpc) is 3.21. The zero-order valence-electron chi connectivity index (χ0n) is 15.0. The molecular weight excluding hydrogens is 354 g/mol. The van der Waals surface area contributed by atoms with Gasteiger partial charge in [-0.3, -0.25) is 9.59 Å². The lowest BCUT2D eigenvalue weighted by atomic mass is 10.2. The third-order valence-electron chi connectivity index (χ3n) is 3.65. The number of amides is 2. The lowest BCUT2D eigenvalue weighted by Gasteiger charge is -2.21.